The second-order valence-electron chi connectivity index (χ2n) is 5.87. The van der Waals surface area contributed by atoms with E-state index in [0.29, 0.717) is 12.5 Å². The molecule has 1 aromatic carbocycles. The van der Waals surface area contributed by atoms with Gasteiger partial charge in [0.2, 0.25) is 0 Å². The Hall–Kier alpha value is -1.02. The molecular weight excluding hydrogens is 236 g/mol. The molecule has 1 saturated carbocycles. The molecule has 1 fully saturated rings. The predicted molar refractivity (Wildman–Crippen MR) is 78.6 cm³/mol. The van der Waals surface area contributed by atoms with Crippen LogP contribution < -0.4 is 4.74 Å². The van der Waals surface area contributed by atoms with Gasteiger partial charge in [0.1, 0.15) is 5.75 Å². The number of rotatable bonds is 5. The highest BCUT2D eigenvalue weighted by atomic mass is 16.5. The third-order valence-electron chi connectivity index (χ3n) is 4.20. The first kappa shape index (κ1) is 14.4. The van der Waals surface area contributed by atoms with Gasteiger partial charge in [-0.05, 0) is 44.2 Å². The molecule has 1 unspecified atom stereocenters. The highest BCUT2D eigenvalue weighted by molar-refractivity contribution is 5.35. The summed E-state index contributed by atoms with van der Waals surface area (Å²) in [5.41, 5.74) is 2.43. The van der Waals surface area contributed by atoms with Crippen LogP contribution in [0.15, 0.2) is 18.2 Å². The van der Waals surface area contributed by atoms with Crippen molar-refractivity contribution in [3.63, 3.8) is 0 Å². The lowest BCUT2D eigenvalue weighted by Gasteiger charge is -2.26. The SMILES string of the molecule is Cc1ccc(OCCC(O)C2CCCCC2)c(C)c1. The molecule has 1 atom stereocenters. The van der Waals surface area contributed by atoms with Gasteiger partial charge in [-0.3, -0.25) is 0 Å². The molecule has 2 rings (SSSR count). The Kier molecular flexibility index (Phi) is 5.26. The molecule has 106 valence electrons. The summed E-state index contributed by atoms with van der Waals surface area (Å²) >= 11 is 0. The molecule has 0 radical (unpaired) electrons. The Balaban J connectivity index is 1.76. The van der Waals surface area contributed by atoms with E-state index >= 15 is 0 Å². The zero-order chi connectivity index (χ0) is 13.7. The van der Waals surface area contributed by atoms with E-state index in [0.717, 1.165) is 12.2 Å². The standard InChI is InChI=1S/C17H26O2/c1-13-8-9-17(14(2)12-13)19-11-10-16(18)15-6-4-3-5-7-15/h8-9,12,15-16,18H,3-7,10-11H2,1-2H3. The van der Waals surface area contributed by atoms with E-state index in [1.807, 2.05) is 6.07 Å². The Labute approximate surface area is 116 Å². The van der Waals surface area contributed by atoms with Gasteiger partial charge in [0.25, 0.3) is 0 Å². The lowest BCUT2D eigenvalue weighted by molar-refractivity contribution is 0.0640. The van der Waals surface area contributed by atoms with Crippen LogP contribution in [-0.4, -0.2) is 17.8 Å². The molecule has 0 saturated heterocycles. The number of aliphatic hydroxyl groups is 1. The van der Waals surface area contributed by atoms with E-state index in [2.05, 4.69) is 26.0 Å². The molecule has 0 amide bonds. The number of hydrogen-bond acceptors (Lipinski definition) is 2. The van der Waals surface area contributed by atoms with E-state index in [4.69, 9.17) is 4.74 Å². The minimum Gasteiger partial charge on any atom is -0.493 e. The van der Waals surface area contributed by atoms with Crippen molar-refractivity contribution in [1.29, 1.82) is 0 Å². The van der Waals surface area contributed by atoms with Crippen molar-refractivity contribution in [3.8, 4) is 5.75 Å². The highest BCUT2D eigenvalue weighted by Gasteiger charge is 2.21. The average Bonchev–Trinajstić information content (AvgIpc) is 2.42. The summed E-state index contributed by atoms with van der Waals surface area (Å²) in [5, 5.41) is 10.2. The van der Waals surface area contributed by atoms with E-state index in [1.54, 1.807) is 0 Å². The number of hydrogen-bond donors (Lipinski definition) is 1. The molecule has 2 nitrogen and oxygen atoms in total. The molecule has 19 heavy (non-hydrogen) atoms. The van der Waals surface area contributed by atoms with Gasteiger partial charge in [0, 0.05) is 6.42 Å². The van der Waals surface area contributed by atoms with Crippen molar-refractivity contribution in [2.75, 3.05) is 6.61 Å². The highest BCUT2D eigenvalue weighted by Crippen LogP contribution is 2.28. The van der Waals surface area contributed by atoms with Crippen LogP contribution in [0.5, 0.6) is 5.75 Å². The quantitative estimate of drug-likeness (QED) is 0.868. The number of ether oxygens (including phenoxy) is 1. The first-order valence-corrected chi connectivity index (χ1v) is 7.55. The summed E-state index contributed by atoms with van der Waals surface area (Å²) < 4.78 is 5.79. The summed E-state index contributed by atoms with van der Waals surface area (Å²) in [5.74, 6) is 1.44. The van der Waals surface area contributed by atoms with Crippen LogP contribution in [-0.2, 0) is 0 Å². The van der Waals surface area contributed by atoms with Gasteiger partial charge >= 0.3 is 0 Å². The van der Waals surface area contributed by atoms with Crippen LogP contribution in [0.4, 0.5) is 0 Å². The van der Waals surface area contributed by atoms with E-state index in [9.17, 15) is 5.11 Å². The lowest BCUT2D eigenvalue weighted by Crippen LogP contribution is -2.24. The maximum absolute atomic E-state index is 10.2. The number of aryl methyl sites for hydroxylation is 2. The smallest absolute Gasteiger partial charge is 0.122 e. The molecule has 1 aliphatic rings. The summed E-state index contributed by atoms with van der Waals surface area (Å²) in [6.07, 6.45) is 6.82. The second kappa shape index (κ2) is 6.95. The summed E-state index contributed by atoms with van der Waals surface area (Å²) in [4.78, 5) is 0. The Morgan fingerprint density at radius 3 is 2.63 bits per heavy atom. The molecular formula is C17H26O2. The largest absolute Gasteiger partial charge is 0.493 e. The van der Waals surface area contributed by atoms with Gasteiger partial charge in [0.05, 0.1) is 12.7 Å². The fourth-order valence-electron chi connectivity index (χ4n) is 3.01. The van der Waals surface area contributed by atoms with E-state index in [-0.39, 0.29) is 6.10 Å². The fourth-order valence-corrected chi connectivity index (χ4v) is 3.01. The summed E-state index contributed by atoms with van der Waals surface area (Å²) in [6.45, 7) is 4.77. The monoisotopic (exact) mass is 262 g/mol. The van der Waals surface area contributed by atoms with Crippen molar-refractivity contribution in [3.05, 3.63) is 29.3 Å². The van der Waals surface area contributed by atoms with Crippen molar-refractivity contribution < 1.29 is 9.84 Å². The first-order chi connectivity index (χ1) is 9.16. The van der Waals surface area contributed by atoms with Crippen molar-refractivity contribution in [2.45, 2.75) is 58.5 Å². The predicted octanol–water partition coefficient (Wildman–Crippen LogP) is 4.01. The van der Waals surface area contributed by atoms with Crippen LogP contribution in [0, 0.1) is 19.8 Å². The maximum atomic E-state index is 10.2. The topological polar surface area (TPSA) is 29.5 Å². The molecule has 1 aromatic rings. The maximum Gasteiger partial charge on any atom is 0.122 e. The molecule has 0 aromatic heterocycles. The Morgan fingerprint density at radius 2 is 1.95 bits per heavy atom. The zero-order valence-electron chi connectivity index (χ0n) is 12.2. The lowest BCUT2D eigenvalue weighted by atomic mass is 9.84. The summed E-state index contributed by atoms with van der Waals surface area (Å²) in [6, 6.07) is 6.23. The fraction of sp³-hybridized carbons (Fsp3) is 0.647. The number of benzene rings is 1. The van der Waals surface area contributed by atoms with Crippen LogP contribution in [0.3, 0.4) is 0 Å². The molecule has 0 spiro atoms. The van der Waals surface area contributed by atoms with Crippen LogP contribution >= 0.6 is 0 Å². The van der Waals surface area contributed by atoms with Crippen LogP contribution in [0.2, 0.25) is 0 Å². The van der Waals surface area contributed by atoms with Crippen molar-refractivity contribution in [1.82, 2.24) is 0 Å². The van der Waals surface area contributed by atoms with Crippen LogP contribution in [0.1, 0.15) is 49.7 Å². The van der Waals surface area contributed by atoms with Gasteiger partial charge in [-0.1, -0.05) is 37.0 Å². The van der Waals surface area contributed by atoms with Gasteiger partial charge < -0.3 is 9.84 Å². The van der Waals surface area contributed by atoms with Gasteiger partial charge in [-0.25, -0.2) is 0 Å². The minimum absolute atomic E-state index is 0.189. The zero-order valence-corrected chi connectivity index (χ0v) is 12.2. The molecule has 2 heteroatoms. The first-order valence-electron chi connectivity index (χ1n) is 7.55. The Morgan fingerprint density at radius 1 is 1.21 bits per heavy atom. The Bertz CT molecular complexity index is 394. The van der Waals surface area contributed by atoms with E-state index in [1.165, 1.54) is 43.2 Å². The third-order valence-corrected chi connectivity index (χ3v) is 4.20. The molecule has 1 aliphatic carbocycles. The van der Waals surface area contributed by atoms with Gasteiger partial charge in [0.15, 0.2) is 0 Å². The third kappa shape index (κ3) is 4.24. The van der Waals surface area contributed by atoms with E-state index < -0.39 is 0 Å². The average molecular weight is 262 g/mol. The minimum atomic E-state index is -0.189. The molecule has 0 heterocycles. The second-order valence-corrected chi connectivity index (χ2v) is 5.87. The molecule has 0 aliphatic heterocycles. The molecule has 1 N–H and O–H groups in total. The van der Waals surface area contributed by atoms with Gasteiger partial charge in [-0.15, -0.1) is 0 Å². The van der Waals surface area contributed by atoms with Crippen molar-refractivity contribution >= 4 is 0 Å². The van der Waals surface area contributed by atoms with Gasteiger partial charge in [-0.2, -0.15) is 0 Å². The van der Waals surface area contributed by atoms with Crippen molar-refractivity contribution in [2.24, 2.45) is 5.92 Å². The summed E-state index contributed by atoms with van der Waals surface area (Å²) in [7, 11) is 0. The van der Waals surface area contributed by atoms with Crippen LogP contribution in [0.25, 0.3) is 0 Å². The molecule has 0 bridgehead atoms. The number of aliphatic hydroxyl groups excluding tert-OH is 1. The normalized spacial score (nSPS) is 18.3.